The van der Waals surface area contributed by atoms with Crippen LogP contribution in [0.3, 0.4) is 0 Å². The minimum absolute atomic E-state index is 0.0515. The largest absolute Gasteiger partial charge is 0.478 e. The Morgan fingerprint density at radius 3 is 2.68 bits per heavy atom. The quantitative estimate of drug-likeness (QED) is 0.844. The number of aryl methyl sites for hydroxylation is 1. The van der Waals surface area contributed by atoms with E-state index in [2.05, 4.69) is 10.2 Å². The summed E-state index contributed by atoms with van der Waals surface area (Å²) in [5.74, 6) is -0.360. The topological polar surface area (TPSA) is 94.0 Å². The Bertz CT molecular complexity index is 656. The Balaban J connectivity index is 2.50. The van der Waals surface area contributed by atoms with Gasteiger partial charge in [-0.2, -0.15) is 0 Å². The van der Waals surface area contributed by atoms with E-state index >= 15 is 0 Å². The molecule has 2 rings (SSSR count). The maximum atomic E-state index is 11.2. The Hall–Kier alpha value is -1.73. The fraction of sp³-hybridized carbons (Fsp3) is 0.182. The average molecular weight is 299 g/mol. The molecule has 2 aromatic rings. The van der Waals surface area contributed by atoms with Crippen LogP contribution in [0.1, 0.15) is 16.2 Å². The molecular weight excluding hydrogens is 288 g/mol. The van der Waals surface area contributed by atoms with Crippen LogP contribution in [0.15, 0.2) is 22.2 Å². The van der Waals surface area contributed by atoms with Gasteiger partial charge in [0.15, 0.2) is 5.16 Å². The minimum Gasteiger partial charge on any atom is -0.478 e. The van der Waals surface area contributed by atoms with E-state index in [1.165, 1.54) is 12.1 Å². The van der Waals surface area contributed by atoms with Gasteiger partial charge >= 0.3 is 5.97 Å². The summed E-state index contributed by atoms with van der Waals surface area (Å²) in [6.45, 7) is 1.81. The van der Waals surface area contributed by atoms with Crippen molar-refractivity contribution in [1.29, 1.82) is 0 Å². The molecule has 100 valence electrons. The number of carbonyl (C=O) groups is 1. The zero-order valence-corrected chi connectivity index (χ0v) is 11.8. The Morgan fingerprint density at radius 2 is 2.16 bits per heavy atom. The van der Waals surface area contributed by atoms with Gasteiger partial charge in [-0.15, -0.1) is 10.2 Å². The smallest absolute Gasteiger partial charge is 0.336 e. The van der Waals surface area contributed by atoms with E-state index in [1.54, 1.807) is 18.5 Å². The van der Waals surface area contributed by atoms with Crippen molar-refractivity contribution in [2.75, 3.05) is 5.73 Å². The minimum atomic E-state index is -1.09. The molecule has 1 aromatic carbocycles. The lowest BCUT2D eigenvalue weighted by molar-refractivity contribution is 0.0693. The highest BCUT2D eigenvalue weighted by Gasteiger charge is 2.18. The summed E-state index contributed by atoms with van der Waals surface area (Å²) in [4.78, 5) is 11.6. The molecule has 0 bridgehead atoms. The van der Waals surface area contributed by atoms with Crippen LogP contribution >= 0.6 is 23.4 Å². The van der Waals surface area contributed by atoms with E-state index in [0.717, 1.165) is 17.6 Å². The molecule has 0 saturated carbocycles. The molecule has 0 fully saturated rings. The van der Waals surface area contributed by atoms with E-state index in [9.17, 15) is 9.90 Å². The SMILES string of the molecule is Cc1nnc(Sc2c(Cl)cc(N)cc2C(=O)O)n1C. The molecule has 0 amide bonds. The molecule has 8 heteroatoms. The average Bonchev–Trinajstić information content (AvgIpc) is 2.63. The van der Waals surface area contributed by atoms with Gasteiger partial charge in [0.2, 0.25) is 0 Å². The first-order valence-corrected chi connectivity index (χ1v) is 6.45. The van der Waals surface area contributed by atoms with Crippen LogP contribution in [0.25, 0.3) is 0 Å². The molecule has 0 saturated heterocycles. The summed E-state index contributed by atoms with van der Waals surface area (Å²) in [5, 5.41) is 17.9. The Morgan fingerprint density at radius 1 is 1.47 bits per heavy atom. The number of hydrogen-bond donors (Lipinski definition) is 2. The number of nitrogen functional groups attached to an aromatic ring is 1. The molecular formula is C11H11ClN4O2S. The first-order chi connectivity index (χ1) is 8.90. The van der Waals surface area contributed by atoms with Crippen LogP contribution in [-0.4, -0.2) is 25.8 Å². The van der Waals surface area contributed by atoms with Crippen LogP contribution in [0.5, 0.6) is 0 Å². The third-order valence-electron chi connectivity index (χ3n) is 2.54. The standard InChI is InChI=1S/C11H11ClN4O2S/c1-5-14-15-11(16(5)2)19-9-7(10(17)18)3-6(13)4-8(9)12/h3-4H,13H2,1-2H3,(H,17,18). The van der Waals surface area contributed by atoms with Crippen molar-refractivity contribution in [1.82, 2.24) is 14.8 Å². The van der Waals surface area contributed by atoms with Gasteiger partial charge in [0.05, 0.1) is 10.6 Å². The molecule has 0 unspecified atom stereocenters. The molecule has 0 aliphatic carbocycles. The monoisotopic (exact) mass is 298 g/mol. The first kappa shape index (κ1) is 13.7. The molecule has 0 atom stereocenters. The van der Waals surface area contributed by atoms with Crippen LogP contribution in [0.2, 0.25) is 5.02 Å². The van der Waals surface area contributed by atoms with E-state index < -0.39 is 5.97 Å². The lowest BCUT2D eigenvalue weighted by Crippen LogP contribution is -2.02. The van der Waals surface area contributed by atoms with Crippen molar-refractivity contribution in [3.05, 3.63) is 28.5 Å². The zero-order chi connectivity index (χ0) is 14.2. The Labute approximate surface area is 118 Å². The molecule has 0 aliphatic heterocycles. The second-order valence-corrected chi connectivity index (χ2v) is 5.26. The van der Waals surface area contributed by atoms with Crippen molar-refractivity contribution in [2.45, 2.75) is 17.0 Å². The molecule has 0 spiro atoms. The molecule has 19 heavy (non-hydrogen) atoms. The fourth-order valence-electron chi connectivity index (χ4n) is 1.44. The molecule has 3 N–H and O–H groups in total. The van der Waals surface area contributed by atoms with E-state index in [4.69, 9.17) is 17.3 Å². The van der Waals surface area contributed by atoms with Crippen LogP contribution in [0, 0.1) is 6.92 Å². The van der Waals surface area contributed by atoms with Gasteiger partial charge in [0.25, 0.3) is 0 Å². The lowest BCUT2D eigenvalue weighted by Gasteiger charge is -2.09. The maximum absolute atomic E-state index is 11.2. The number of aromatic carboxylic acids is 1. The number of aromatic nitrogens is 3. The van der Waals surface area contributed by atoms with Gasteiger partial charge in [0, 0.05) is 17.6 Å². The number of carboxylic acids is 1. The predicted molar refractivity (Wildman–Crippen MR) is 72.7 cm³/mol. The maximum Gasteiger partial charge on any atom is 0.336 e. The summed E-state index contributed by atoms with van der Waals surface area (Å²) in [6, 6.07) is 2.89. The highest BCUT2D eigenvalue weighted by molar-refractivity contribution is 7.99. The second kappa shape index (κ2) is 5.10. The molecule has 0 aliphatic rings. The Kier molecular flexibility index (Phi) is 3.68. The number of anilines is 1. The van der Waals surface area contributed by atoms with Crippen molar-refractivity contribution in [3.8, 4) is 0 Å². The van der Waals surface area contributed by atoms with E-state index in [1.807, 2.05) is 0 Å². The summed E-state index contributed by atoms with van der Waals surface area (Å²) < 4.78 is 1.75. The molecule has 6 nitrogen and oxygen atoms in total. The first-order valence-electron chi connectivity index (χ1n) is 5.26. The summed E-state index contributed by atoms with van der Waals surface area (Å²) in [6.07, 6.45) is 0. The van der Waals surface area contributed by atoms with Gasteiger partial charge < -0.3 is 15.4 Å². The van der Waals surface area contributed by atoms with Crippen LogP contribution < -0.4 is 5.73 Å². The normalized spacial score (nSPS) is 10.7. The number of hydrogen-bond acceptors (Lipinski definition) is 5. The van der Waals surface area contributed by atoms with E-state index in [-0.39, 0.29) is 10.6 Å². The third-order valence-corrected chi connectivity index (χ3v) is 4.13. The summed E-state index contributed by atoms with van der Waals surface area (Å²) in [7, 11) is 1.79. The molecule has 1 heterocycles. The number of nitrogens with two attached hydrogens (primary N) is 1. The van der Waals surface area contributed by atoms with Crippen molar-refractivity contribution in [3.63, 3.8) is 0 Å². The van der Waals surface area contributed by atoms with Gasteiger partial charge in [-0.3, -0.25) is 0 Å². The highest BCUT2D eigenvalue weighted by Crippen LogP contribution is 2.36. The van der Waals surface area contributed by atoms with Gasteiger partial charge in [-0.05, 0) is 30.8 Å². The summed E-state index contributed by atoms with van der Waals surface area (Å²) >= 11 is 7.21. The zero-order valence-electron chi connectivity index (χ0n) is 10.2. The number of benzene rings is 1. The predicted octanol–water partition coefficient (Wildman–Crippen LogP) is 2.21. The van der Waals surface area contributed by atoms with Crippen LogP contribution in [-0.2, 0) is 7.05 Å². The van der Waals surface area contributed by atoms with Crippen molar-refractivity contribution >= 4 is 35.0 Å². The second-order valence-electron chi connectivity index (χ2n) is 3.88. The molecule has 0 radical (unpaired) electrons. The van der Waals surface area contributed by atoms with E-state index in [0.29, 0.717) is 15.7 Å². The van der Waals surface area contributed by atoms with Crippen molar-refractivity contribution < 1.29 is 9.90 Å². The van der Waals surface area contributed by atoms with Crippen LogP contribution in [0.4, 0.5) is 5.69 Å². The third kappa shape index (κ3) is 2.66. The van der Waals surface area contributed by atoms with Gasteiger partial charge in [-0.1, -0.05) is 11.6 Å². The van der Waals surface area contributed by atoms with Crippen molar-refractivity contribution in [2.24, 2.45) is 7.05 Å². The molecule has 1 aromatic heterocycles. The highest BCUT2D eigenvalue weighted by atomic mass is 35.5. The number of carboxylic acid groups (broad SMARTS) is 1. The number of rotatable bonds is 3. The summed E-state index contributed by atoms with van der Waals surface area (Å²) in [5.41, 5.74) is 5.96. The fourth-order valence-corrected chi connectivity index (χ4v) is 2.73. The number of halogens is 1. The lowest BCUT2D eigenvalue weighted by atomic mass is 10.2. The number of nitrogens with zero attached hydrogens (tertiary/aromatic N) is 3. The van der Waals surface area contributed by atoms with Gasteiger partial charge in [0.1, 0.15) is 5.82 Å². The van der Waals surface area contributed by atoms with Gasteiger partial charge in [-0.25, -0.2) is 4.79 Å².